The molecule has 1 aromatic carbocycles. The van der Waals surface area contributed by atoms with Gasteiger partial charge in [-0.1, -0.05) is 18.2 Å². The van der Waals surface area contributed by atoms with E-state index in [0.29, 0.717) is 18.1 Å². The molecule has 0 aliphatic carbocycles. The lowest BCUT2D eigenvalue weighted by atomic mass is 10.1. The van der Waals surface area contributed by atoms with Crippen molar-refractivity contribution in [1.82, 2.24) is 19.7 Å². The van der Waals surface area contributed by atoms with Crippen LogP contribution in [-0.2, 0) is 11.2 Å². The SMILES string of the molecule is O=C(Nc1cnn(-c2ncccn2)c1)C1Cc2ccccc2O1. The van der Waals surface area contributed by atoms with Gasteiger partial charge in [0.1, 0.15) is 5.75 Å². The van der Waals surface area contributed by atoms with Crippen LogP contribution in [-0.4, -0.2) is 31.8 Å². The highest BCUT2D eigenvalue weighted by Gasteiger charge is 2.28. The van der Waals surface area contributed by atoms with Gasteiger partial charge in [0.15, 0.2) is 6.10 Å². The quantitative estimate of drug-likeness (QED) is 0.795. The number of para-hydroxylation sites is 1. The molecule has 3 heterocycles. The number of nitrogens with one attached hydrogen (secondary N) is 1. The highest BCUT2D eigenvalue weighted by molar-refractivity contribution is 5.94. The Balaban J connectivity index is 1.45. The first kappa shape index (κ1) is 13.4. The number of fused-ring (bicyclic) bond motifs is 1. The van der Waals surface area contributed by atoms with Crippen LogP contribution in [0.5, 0.6) is 5.75 Å². The van der Waals surface area contributed by atoms with E-state index in [1.54, 1.807) is 30.9 Å². The van der Waals surface area contributed by atoms with Crippen molar-refractivity contribution in [3.05, 3.63) is 60.7 Å². The molecule has 3 aromatic rings. The minimum atomic E-state index is -0.524. The van der Waals surface area contributed by atoms with Crippen LogP contribution in [0.3, 0.4) is 0 Å². The molecule has 1 aliphatic rings. The van der Waals surface area contributed by atoms with Crippen molar-refractivity contribution in [3.8, 4) is 11.7 Å². The van der Waals surface area contributed by atoms with Crippen LogP contribution in [0, 0.1) is 0 Å². The molecular weight excluding hydrogens is 294 g/mol. The molecule has 2 aromatic heterocycles. The largest absolute Gasteiger partial charge is 0.480 e. The average Bonchev–Trinajstić information content (AvgIpc) is 3.22. The number of carbonyl (C=O) groups is 1. The highest BCUT2D eigenvalue weighted by atomic mass is 16.5. The summed E-state index contributed by atoms with van der Waals surface area (Å²) < 4.78 is 7.17. The van der Waals surface area contributed by atoms with Crippen molar-refractivity contribution in [2.24, 2.45) is 0 Å². The van der Waals surface area contributed by atoms with Gasteiger partial charge in [-0.05, 0) is 17.7 Å². The topological polar surface area (TPSA) is 81.9 Å². The molecule has 1 N–H and O–H groups in total. The molecule has 1 aliphatic heterocycles. The highest BCUT2D eigenvalue weighted by Crippen LogP contribution is 2.28. The van der Waals surface area contributed by atoms with Crippen LogP contribution in [0.1, 0.15) is 5.56 Å². The molecular formula is C16H13N5O2. The van der Waals surface area contributed by atoms with Crippen LogP contribution >= 0.6 is 0 Å². The van der Waals surface area contributed by atoms with Crippen molar-refractivity contribution >= 4 is 11.6 Å². The summed E-state index contributed by atoms with van der Waals surface area (Å²) in [4.78, 5) is 20.5. The molecule has 23 heavy (non-hydrogen) atoms. The Kier molecular flexibility index (Phi) is 3.23. The van der Waals surface area contributed by atoms with Gasteiger partial charge >= 0.3 is 0 Å². The zero-order valence-corrected chi connectivity index (χ0v) is 12.1. The first-order valence-electron chi connectivity index (χ1n) is 7.17. The van der Waals surface area contributed by atoms with Crippen molar-refractivity contribution in [3.63, 3.8) is 0 Å². The molecule has 0 bridgehead atoms. The summed E-state index contributed by atoms with van der Waals surface area (Å²) in [5, 5.41) is 6.95. The molecule has 1 amide bonds. The lowest BCUT2D eigenvalue weighted by Crippen LogP contribution is -2.31. The number of amides is 1. The van der Waals surface area contributed by atoms with Gasteiger partial charge in [0, 0.05) is 18.8 Å². The molecule has 0 fully saturated rings. The molecule has 1 unspecified atom stereocenters. The van der Waals surface area contributed by atoms with E-state index in [9.17, 15) is 4.79 Å². The van der Waals surface area contributed by atoms with E-state index >= 15 is 0 Å². The van der Waals surface area contributed by atoms with Crippen LogP contribution in [0.25, 0.3) is 5.95 Å². The number of nitrogens with zero attached hydrogens (tertiary/aromatic N) is 4. The van der Waals surface area contributed by atoms with Gasteiger partial charge in [-0.15, -0.1) is 0 Å². The van der Waals surface area contributed by atoms with Crippen LogP contribution in [0.2, 0.25) is 0 Å². The van der Waals surface area contributed by atoms with Crippen LogP contribution in [0.15, 0.2) is 55.1 Å². The smallest absolute Gasteiger partial charge is 0.265 e. The summed E-state index contributed by atoms with van der Waals surface area (Å²) in [7, 11) is 0. The summed E-state index contributed by atoms with van der Waals surface area (Å²) in [6, 6.07) is 9.39. The summed E-state index contributed by atoms with van der Waals surface area (Å²) in [6.45, 7) is 0. The molecule has 114 valence electrons. The zero-order chi connectivity index (χ0) is 15.6. The van der Waals surface area contributed by atoms with Crippen molar-refractivity contribution < 1.29 is 9.53 Å². The van der Waals surface area contributed by atoms with E-state index in [2.05, 4.69) is 20.4 Å². The molecule has 4 rings (SSSR count). The van der Waals surface area contributed by atoms with Crippen LogP contribution < -0.4 is 10.1 Å². The van der Waals surface area contributed by atoms with E-state index in [4.69, 9.17) is 4.74 Å². The summed E-state index contributed by atoms with van der Waals surface area (Å²) >= 11 is 0. The third kappa shape index (κ3) is 2.64. The molecule has 0 spiro atoms. The van der Waals surface area contributed by atoms with Gasteiger partial charge in [-0.25, -0.2) is 14.6 Å². The second kappa shape index (κ2) is 5.53. The number of aromatic nitrogens is 4. The maximum Gasteiger partial charge on any atom is 0.265 e. The van der Waals surface area contributed by atoms with Gasteiger partial charge in [0.05, 0.1) is 18.1 Å². The lowest BCUT2D eigenvalue weighted by molar-refractivity contribution is -0.122. The first-order valence-corrected chi connectivity index (χ1v) is 7.17. The predicted molar refractivity (Wildman–Crippen MR) is 82.3 cm³/mol. The number of carbonyl (C=O) groups excluding carboxylic acids is 1. The van der Waals surface area contributed by atoms with Crippen molar-refractivity contribution in [2.45, 2.75) is 12.5 Å². The van der Waals surface area contributed by atoms with E-state index in [1.165, 1.54) is 4.68 Å². The zero-order valence-electron chi connectivity index (χ0n) is 12.1. The fourth-order valence-electron chi connectivity index (χ4n) is 2.46. The molecule has 0 saturated carbocycles. The summed E-state index contributed by atoms with van der Waals surface area (Å²) in [5.41, 5.74) is 1.61. The maximum atomic E-state index is 12.3. The second-order valence-electron chi connectivity index (χ2n) is 5.13. The lowest BCUT2D eigenvalue weighted by Gasteiger charge is -2.09. The van der Waals surface area contributed by atoms with E-state index in [-0.39, 0.29) is 5.91 Å². The van der Waals surface area contributed by atoms with Crippen molar-refractivity contribution in [1.29, 1.82) is 0 Å². The summed E-state index contributed by atoms with van der Waals surface area (Å²) in [5.74, 6) is 1.01. The molecule has 7 nitrogen and oxygen atoms in total. The van der Waals surface area contributed by atoms with Gasteiger partial charge in [0.25, 0.3) is 5.91 Å². The third-order valence-corrected chi connectivity index (χ3v) is 3.55. The average molecular weight is 307 g/mol. The van der Waals surface area contributed by atoms with E-state index in [1.807, 2.05) is 24.3 Å². The second-order valence-corrected chi connectivity index (χ2v) is 5.13. The fourth-order valence-corrected chi connectivity index (χ4v) is 2.46. The van der Waals surface area contributed by atoms with Gasteiger partial charge in [-0.3, -0.25) is 4.79 Å². The Bertz CT molecular complexity index is 821. The first-order chi connectivity index (χ1) is 11.3. The van der Waals surface area contributed by atoms with Gasteiger partial charge in [0.2, 0.25) is 5.95 Å². The number of hydrogen-bond donors (Lipinski definition) is 1. The van der Waals surface area contributed by atoms with Gasteiger partial charge in [-0.2, -0.15) is 5.10 Å². The van der Waals surface area contributed by atoms with Gasteiger partial charge < -0.3 is 10.1 Å². The Morgan fingerprint density at radius 2 is 2.04 bits per heavy atom. The Morgan fingerprint density at radius 1 is 1.22 bits per heavy atom. The number of anilines is 1. The Morgan fingerprint density at radius 3 is 2.87 bits per heavy atom. The van der Waals surface area contributed by atoms with Crippen LogP contribution in [0.4, 0.5) is 5.69 Å². The Labute approximate surface area is 132 Å². The standard InChI is InChI=1S/C16H13N5O2/c22-15(14-8-11-4-1-2-5-13(11)23-14)20-12-9-19-21(10-12)16-17-6-3-7-18-16/h1-7,9-10,14H,8H2,(H,20,22). The van der Waals surface area contributed by atoms with Crippen molar-refractivity contribution in [2.75, 3.05) is 5.32 Å². The fraction of sp³-hybridized carbons (Fsp3) is 0.125. The number of ether oxygens (including phenoxy) is 1. The Hall–Kier alpha value is -3.22. The monoisotopic (exact) mass is 307 g/mol. The predicted octanol–water partition coefficient (Wildman–Crippen LogP) is 1.60. The molecule has 1 atom stereocenters. The van der Waals surface area contributed by atoms with E-state index < -0.39 is 6.10 Å². The number of rotatable bonds is 3. The number of benzene rings is 1. The third-order valence-electron chi connectivity index (χ3n) is 3.55. The minimum Gasteiger partial charge on any atom is -0.480 e. The minimum absolute atomic E-state index is 0.199. The summed E-state index contributed by atoms with van der Waals surface area (Å²) in [6.07, 6.45) is 6.52. The molecule has 0 saturated heterocycles. The number of hydrogen-bond acceptors (Lipinski definition) is 5. The normalized spacial score (nSPS) is 15.7. The molecule has 0 radical (unpaired) electrons. The molecule has 7 heteroatoms. The maximum absolute atomic E-state index is 12.3. The van der Waals surface area contributed by atoms with E-state index in [0.717, 1.165) is 11.3 Å².